The Morgan fingerprint density at radius 3 is 2.24 bits per heavy atom. The first-order valence-electron chi connectivity index (χ1n) is 6.86. The molecule has 0 amide bonds. The lowest BCUT2D eigenvalue weighted by Gasteiger charge is -2.45. The van der Waals surface area contributed by atoms with Crippen LogP contribution in [0.2, 0.25) is 0 Å². The number of hydrogen-bond donors (Lipinski definition) is 4. The van der Waals surface area contributed by atoms with Crippen molar-refractivity contribution in [1.82, 2.24) is 0 Å². The molecule has 0 radical (unpaired) electrons. The highest BCUT2D eigenvalue weighted by molar-refractivity contribution is 5.76. The first kappa shape index (κ1) is 18.3. The Morgan fingerprint density at radius 1 is 1.24 bits per heavy atom. The molecule has 1 fully saturated rings. The molecule has 1 unspecified atom stereocenters. The molecule has 8 heteroatoms. The van der Waals surface area contributed by atoms with Crippen LogP contribution in [0.25, 0.3) is 0 Å². The second-order valence-electron chi connectivity index (χ2n) is 5.62. The van der Waals surface area contributed by atoms with Crippen LogP contribution in [0.3, 0.4) is 0 Å². The molecule has 21 heavy (non-hydrogen) atoms. The van der Waals surface area contributed by atoms with Gasteiger partial charge in [0.2, 0.25) is 0 Å². The third-order valence-electron chi connectivity index (χ3n) is 3.09. The van der Waals surface area contributed by atoms with Crippen molar-refractivity contribution in [2.75, 3.05) is 6.61 Å². The molecule has 1 rings (SSSR count). The Balaban J connectivity index is 2.98. The van der Waals surface area contributed by atoms with Gasteiger partial charge < -0.3 is 34.6 Å². The summed E-state index contributed by atoms with van der Waals surface area (Å²) in [4.78, 5) is 11.2. The van der Waals surface area contributed by atoms with Crippen LogP contribution in [-0.2, 0) is 19.0 Å². The van der Waals surface area contributed by atoms with E-state index in [-0.39, 0.29) is 18.8 Å². The SMILES string of the molecule is CC(C)OC[C@@H]1OC(O)(C(=O)O)[C@@H](O)[C@H](OC(C)C)[C@H]1O. The van der Waals surface area contributed by atoms with Gasteiger partial charge in [0, 0.05) is 0 Å². The van der Waals surface area contributed by atoms with E-state index in [4.69, 9.17) is 19.3 Å². The minimum absolute atomic E-state index is 0.140. The second-order valence-corrected chi connectivity index (χ2v) is 5.62. The summed E-state index contributed by atoms with van der Waals surface area (Å²) in [6.07, 6.45) is -6.26. The largest absolute Gasteiger partial charge is 0.477 e. The van der Waals surface area contributed by atoms with Crippen molar-refractivity contribution in [3.05, 3.63) is 0 Å². The van der Waals surface area contributed by atoms with Crippen LogP contribution in [0, 0.1) is 0 Å². The first-order valence-corrected chi connectivity index (χ1v) is 6.86. The van der Waals surface area contributed by atoms with Crippen molar-refractivity contribution in [1.29, 1.82) is 0 Å². The smallest absolute Gasteiger partial charge is 0.367 e. The summed E-state index contributed by atoms with van der Waals surface area (Å²) in [5, 5.41) is 39.3. The fourth-order valence-electron chi connectivity index (χ4n) is 2.06. The number of aliphatic hydroxyl groups is 3. The number of carboxylic acid groups (broad SMARTS) is 1. The third-order valence-corrected chi connectivity index (χ3v) is 3.09. The Labute approximate surface area is 123 Å². The number of rotatable bonds is 6. The minimum atomic E-state index is -2.86. The van der Waals surface area contributed by atoms with Crippen molar-refractivity contribution >= 4 is 5.97 Å². The zero-order chi connectivity index (χ0) is 16.4. The lowest BCUT2D eigenvalue weighted by Crippen LogP contribution is -2.69. The molecule has 1 aliphatic heterocycles. The van der Waals surface area contributed by atoms with E-state index in [2.05, 4.69) is 0 Å². The van der Waals surface area contributed by atoms with Crippen LogP contribution in [0.4, 0.5) is 0 Å². The van der Waals surface area contributed by atoms with E-state index in [1.807, 2.05) is 0 Å². The Morgan fingerprint density at radius 2 is 1.81 bits per heavy atom. The Kier molecular flexibility index (Phi) is 6.09. The molecule has 124 valence electrons. The third kappa shape index (κ3) is 4.12. The molecule has 5 atom stereocenters. The van der Waals surface area contributed by atoms with Gasteiger partial charge in [0.05, 0.1) is 18.8 Å². The van der Waals surface area contributed by atoms with Gasteiger partial charge in [-0.1, -0.05) is 0 Å². The van der Waals surface area contributed by atoms with Crippen molar-refractivity contribution in [2.24, 2.45) is 0 Å². The van der Waals surface area contributed by atoms with Crippen molar-refractivity contribution in [3.8, 4) is 0 Å². The molecule has 0 aromatic heterocycles. The summed E-state index contributed by atoms with van der Waals surface area (Å²) >= 11 is 0. The molecule has 1 aliphatic rings. The van der Waals surface area contributed by atoms with Gasteiger partial charge in [0.1, 0.15) is 24.4 Å². The van der Waals surface area contributed by atoms with Gasteiger partial charge in [-0.3, -0.25) is 0 Å². The van der Waals surface area contributed by atoms with Gasteiger partial charge in [0.25, 0.3) is 5.79 Å². The van der Waals surface area contributed by atoms with E-state index < -0.39 is 36.2 Å². The van der Waals surface area contributed by atoms with Gasteiger partial charge in [-0.15, -0.1) is 0 Å². The van der Waals surface area contributed by atoms with Crippen molar-refractivity contribution in [2.45, 2.75) is 70.1 Å². The molecule has 0 bridgehead atoms. The molecule has 0 aromatic carbocycles. The molecule has 0 saturated carbocycles. The van der Waals surface area contributed by atoms with Crippen molar-refractivity contribution < 1.29 is 39.4 Å². The predicted molar refractivity (Wildman–Crippen MR) is 70.6 cm³/mol. The summed E-state index contributed by atoms with van der Waals surface area (Å²) in [6.45, 7) is 6.70. The van der Waals surface area contributed by atoms with E-state index >= 15 is 0 Å². The first-order chi connectivity index (χ1) is 9.59. The second kappa shape index (κ2) is 6.99. The summed E-state index contributed by atoms with van der Waals surface area (Å²) in [5.41, 5.74) is 0. The number of carboxylic acids is 1. The summed E-state index contributed by atoms with van der Waals surface area (Å²) in [7, 11) is 0. The minimum Gasteiger partial charge on any atom is -0.477 e. The quantitative estimate of drug-likeness (QED) is 0.497. The van der Waals surface area contributed by atoms with Crippen LogP contribution in [0.15, 0.2) is 0 Å². The molecule has 1 saturated heterocycles. The predicted octanol–water partition coefficient (Wildman–Crippen LogP) is -0.901. The summed E-state index contributed by atoms with van der Waals surface area (Å²) in [6, 6.07) is 0. The van der Waals surface area contributed by atoms with Gasteiger partial charge in [0.15, 0.2) is 0 Å². The average molecular weight is 308 g/mol. The molecule has 0 spiro atoms. The molecule has 8 nitrogen and oxygen atoms in total. The van der Waals surface area contributed by atoms with E-state index in [1.165, 1.54) is 0 Å². The maximum absolute atomic E-state index is 11.2. The fraction of sp³-hybridized carbons (Fsp3) is 0.923. The number of carbonyl (C=O) groups is 1. The zero-order valence-corrected chi connectivity index (χ0v) is 12.6. The molecule has 4 N–H and O–H groups in total. The van der Waals surface area contributed by atoms with E-state index in [9.17, 15) is 20.1 Å². The maximum Gasteiger partial charge on any atom is 0.367 e. The average Bonchev–Trinajstić information content (AvgIpc) is 2.36. The van der Waals surface area contributed by atoms with Crippen LogP contribution in [-0.4, -0.2) is 75.4 Å². The molecule has 1 heterocycles. The maximum atomic E-state index is 11.2. The highest BCUT2D eigenvalue weighted by Gasteiger charge is 2.58. The van der Waals surface area contributed by atoms with Crippen LogP contribution < -0.4 is 0 Å². The normalized spacial score (nSPS) is 37.2. The van der Waals surface area contributed by atoms with Crippen LogP contribution in [0.1, 0.15) is 27.7 Å². The lowest BCUT2D eigenvalue weighted by molar-refractivity contribution is -0.347. The molecular weight excluding hydrogens is 284 g/mol. The van der Waals surface area contributed by atoms with Gasteiger partial charge >= 0.3 is 5.97 Å². The van der Waals surface area contributed by atoms with Gasteiger partial charge in [-0.25, -0.2) is 4.79 Å². The standard InChI is InChI=1S/C13H24O8/c1-6(2)19-5-8-9(14)10(20-7(3)4)11(15)13(18,21-8)12(16)17/h6-11,14-15,18H,5H2,1-4H3,(H,16,17)/t8-,9-,10+,11-,13?/m0/s1. The number of aliphatic hydroxyl groups excluding tert-OH is 2. The van der Waals surface area contributed by atoms with E-state index in [0.29, 0.717) is 0 Å². The molecule has 0 aromatic rings. The Bertz CT molecular complexity index is 358. The highest BCUT2D eigenvalue weighted by atomic mass is 16.7. The Hall–Kier alpha value is -0.770. The summed E-state index contributed by atoms with van der Waals surface area (Å²) < 4.78 is 15.6. The van der Waals surface area contributed by atoms with E-state index in [1.54, 1.807) is 27.7 Å². The molecular formula is C13H24O8. The summed E-state index contributed by atoms with van der Waals surface area (Å²) in [5.74, 6) is -4.61. The number of ether oxygens (including phenoxy) is 3. The van der Waals surface area contributed by atoms with Gasteiger partial charge in [-0.2, -0.15) is 0 Å². The fourth-order valence-corrected chi connectivity index (χ4v) is 2.06. The number of hydrogen-bond acceptors (Lipinski definition) is 7. The lowest BCUT2D eigenvalue weighted by atomic mass is 9.92. The molecule has 0 aliphatic carbocycles. The van der Waals surface area contributed by atoms with Crippen LogP contribution in [0.5, 0.6) is 0 Å². The number of aliphatic carboxylic acids is 1. The van der Waals surface area contributed by atoms with Gasteiger partial charge in [-0.05, 0) is 27.7 Å². The zero-order valence-electron chi connectivity index (χ0n) is 12.6. The van der Waals surface area contributed by atoms with E-state index in [0.717, 1.165) is 0 Å². The van der Waals surface area contributed by atoms with Crippen molar-refractivity contribution in [3.63, 3.8) is 0 Å². The topological polar surface area (TPSA) is 126 Å². The van der Waals surface area contributed by atoms with Crippen LogP contribution >= 0.6 is 0 Å². The highest BCUT2D eigenvalue weighted by Crippen LogP contribution is 2.31. The monoisotopic (exact) mass is 308 g/mol.